The van der Waals surface area contributed by atoms with Crippen LogP contribution in [0.1, 0.15) is 0 Å². The number of alkyl halides is 2. The summed E-state index contributed by atoms with van der Waals surface area (Å²) >= 11 is 9.56. The fraction of sp³-hybridized carbons (Fsp3) is 1.00. The molecule has 0 radical (unpaired) electrons. The smallest absolute Gasteiger partial charge is 0.169 e. The van der Waals surface area contributed by atoms with Crippen LogP contribution in [0.2, 0.25) is 0 Å². The van der Waals surface area contributed by atoms with Gasteiger partial charge in [0.05, 0.1) is 0 Å². The van der Waals surface area contributed by atoms with Crippen molar-refractivity contribution in [2.75, 3.05) is 12.1 Å². The summed E-state index contributed by atoms with van der Waals surface area (Å²) in [7, 11) is -21.5. The molecule has 0 saturated carbocycles. The van der Waals surface area contributed by atoms with Crippen LogP contribution in [-0.4, -0.2) is 33.5 Å². The summed E-state index contributed by atoms with van der Waals surface area (Å²) < 4.78 is 48.2. The number of halogens is 2. The second kappa shape index (κ2) is 12.4. The maximum Gasteiger partial charge on any atom is 0.169 e. The average molecular weight is 659 g/mol. The van der Waals surface area contributed by atoms with Crippen molar-refractivity contribution in [3.05, 3.63) is 0 Å². The quantitative estimate of drug-likeness (QED) is 0.185. The number of aliphatic hydroxyl groups excluding tert-OH is 2. The first-order chi connectivity index (χ1) is 10.4. The van der Waals surface area contributed by atoms with E-state index < -0.39 is 53.7 Å². The predicted octanol–water partition coefficient (Wildman–Crippen LogP) is -4.12. The minimum Gasteiger partial charge on any atom is -0.809 e. The van der Waals surface area contributed by atoms with Crippen LogP contribution >= 0.6 is 53.6 Å². The van der Waals surface area contributed by atoms with Gasteiger partial charge in [-0.15, -0.1) is 0 Å². The molecule has 0 aliphatic carbocycles. The van der Waals surface area contributed by atoms with Crippen LogP contribution in [0.4, 0.5) is 0 Å². The van der Waals surface area contributed by atoms with E-state index in [1.165, 1.54) is 0 Å². The van der Waals surface area contributed by atoms with Gasteiger partial charge in [0.15, 0.2) is 15.2 Å². The second-order valence-electron chi connectivity index (χ2n) is 3.33. The van der Waals surface area contributed by atoms with Crippen molar-refractivity contribution in [3.63, 3.8) is 0 Å². The summed E-state index contributed by atoms with van der Waals surface area (Å²) in [5.41, 5.74) is -6.16. The molecule has 0 spiro atoms. The van der Waals surface area contributed by atoms with Gasteiger partial charge in [-0.05, 0) is 15.2 Å². The molecule has 0 aliphatic rings. The van der Waals surface area contributed by atoms with Crippen LogP contribution in [0.5, 0.6) is 0 Å². The number of hydrogen-bond donors (Lipinski definition) is 2. The van der Waals surface area contributed by atoms with E-state index in [4.69, 9.17) is 33.4 Å². The zero-order valence-corrected chi connectivity index (χ0v) is 19.3. The normalized spacial score (nSPS) is 19.3. The maximum atomic E-state index is 10.5. The summed E-state index contributed by atoms with van der Waals surface area (Å²) in [5, 5.41) is 16.8. The number of rotatable bonds is 8. The Labute approximate surface area is 164 Å². The molecule has 0 aromatic carbocycles. The van der Waals surface area contributed by atoms with Gasteiger partial charge >= 0.3 is 0 Å². The number of aliphatic hydroxyl groups is 2. The molecular weight excluding hydrogens is 651 g/mol. The standard InChI is InChI=1S/2C2H7ClO7P2.W/c2*3-1-10-12(8,9)2(4)11(5,6)7;/h2*2,4H,1H2,(H,8,9)(H2,5,6,7);/p-6. The minimum absolute atomic E-state index is 0. The Bertz CT molecular complexity index is 523. The SMILES string of the molecule is O=P([O-])([O-])C(O)P(=O)([O-])OCCl.O=P([O-])([O-])C(O)P(=O)([O-])OCCl.[W]. The van der Waals surface area contributed by atoms with Crippen molar-refractivity contribution in [2.45, 2.75) is 11.2 Å². The monoisotopic (exact) mass is 658 g/mol. The molecule has 154 valence electrons. The predicted molar refractivity (Wildman–Crippen MR) is 66.0 cm³/mol. The molecule has 0 amide bonds. The summed E-state index contributed by atoms with van der Waals surface area (Å²) in [5.74, 6) is 0. The zero-order chi connectivity index (χ0) is 20.0. The largest absolute Gasteiger partial charge is 0.809 e. The third-order valence-electron chi connectivity index (χ3n) is 1.59. The summed E-state index contributed by atoms with van der Waals surface area (Å²) in [6.07, 6.45) is 0. The fourth-order valence-corrected chi connectivity index (χ4v) is 5.14. The molecule has 4 unspecified atom stereocenters. The molecule has 0 aromatic heterocycles. The van der Waals surface area contributed by atoms with Crippen molar-refractivity contribution in [1.29, 1.82) is 0 Å². The molecule has 25 heavy (non-hydrogen) atoms. The number of hydrogen-bond acceptors (Lipinski definition) is 14. The molecule has 0 heterocycles. The van der Waals surface area contributed by atoms with Crippen LogP contribution in [0.25, 0.3) is 0 Å². The molecule has 2 N–H and O–H groups in total. The molecule has 4 atom stereocenters. The van der Waals surface area contributed by atoms with Gasteiger partial charge in [0, 0.05) is 21.1 Å². The van der Waals surface area contributed by atoms with E-state index in [0.29, 0.717) is 0 Å². The van der Waals surface area contributed by atoms with Crippen molar-refractivity contribution in [2.24, 2.45) is 0 Å². The van der Waals surface area contributed by atoms with E-state index in [0.717, 1.165) is 0 Å². The third-order valence-corrected chi connectivity index (χ3v) is 8.75. The Morgan fingerprint density at radius 2 is 0.920 bits per heavy atom. The summed E-state index contributed by atoms with van der Waals surface area (Å²) in [6.45, 7) is 0. The van der Waals surface area contributed by atoms with E-state index in [-0.39, 0.29) is 21.1 Å². The Morgan fingerprint density at radius 3 is 1.04 bits per heavy atom. The first-order valence-electron chi connectivity index (χ1n) is 4.85. The van der Waals surface area contributed by atoms with Gasteiger partial charge in [-0.1, -0.05) is 23.2 Å². The average Bonchev–Trinajstić information content (AvgIpc) is 2.35. The fourth-order valence-electron chi connectivity index (χ4n) is 0.616. The van der Waals surface area contributed by atoms with Crippen LogP contribution in [-0.2, 0) is 48.4 Å². The molecule has 21 heteroatoms. The van der Waals surface area contributed by atoms with Gasteiger partial charge in [-0.25, -0.2) is 0 Å². The van der Waals surface area contributed by atoms with Gasteiger partial charge in [0.25, 0.3) is 0 Å². The van der Waals surface area contributed by atoms with E-state index in [2.05, 4.69) is 9.05 Å². The van der Waals surface area contributed by atoms with Gasteiger partial charge < -0.3 is 66.9 Å². The topological polar surface area (TPSA) is 266 Å². The van der Waals surface area contributed by atoms with Crippen LogP contribution in [0.15, 0.2) is 0 Å². The van der Waals surface area contributed by atoms with Gasteiger partial charge in [-0.2, -0.15) is 0 Å². The molecule has 0 aromatic rings. The maximum absolute atomic E-state index is 10.5. The van der Waals surface area contributed by atoms with E-state index in [1.54, 1.807) is 0 Å². The zero-order valence-electron chi connectivity index (χ0n) is 11.3. The molecule has 0 aliphatic heterocycles. The molecule has 14 nitrogen and oxygen atoms in total. The third kappa shape index (κ3) is 12.8. The summed E-state index contributed by atoms with van der Waals surface area (Å²) in [4.78, 5) is 60.9. The van der Waals surface area contributed by atoms with Gasteiger partial charge in [0.2, 0.25) is 0 Å². The van der Waals surface area contributed by atoms with Gasteiger partial charge in [-0.3, -0.25) is 0 Å². The second-order valence-corrected chi connectivity index (χ2v) is 11.4. The Kier molecular flexibility index (Phi) is 15.6. The molecule has 0 saturated heterocycles. The Balaban J connectivity index is -0.000000372. The van der Waals surface area contributed by atoms with Crippen molar-refractivity contribution in [3.8, 4) is 0 Å². The van der Waals surface area contributed by atoms with Crippen LogP contribution in [0, 0.1) is 0 Å². The molecule has 0 rings (SSSR count). The molecule has 0 bridgehead atoms. The first kappa shape index (κ1) is 31.5. The van der Waals surface area contributed by atoms with E-state index in [9.17, 15) is 47.6 Å². The van der Waals surface area contributed by atoms with E-state index >= 15 is 0 Å². The van der Waals surface area contributed by atoms with Crippen LogP contribution in [0.3, 0.4) is 0 Å². The van der Waals surface area contributed by atoms with Crippen LogP contribution < -0.4 is 29.4 Å². The summed E-state index contributed by atoms with van der Waals surface area (Å²) in [6, 6.07) is -1.73. The Hall–Kier alpha value is 1.79. The minimum atomic E-state index is -5.61. The van der Waals surface area contributed by atoms with Crippen molar-refractivity contribution >= 4 is 53.6 Å². The first-order valence-corrected chi connectivity index (χ1v) is 12.4. The van der Waals surface area contributed by atoms with E-state index in [1.807, 2.05) is 0 Å². The Morgan fingerprint density at radius 1 is 0.720 bits per heavy atom. The van der Waals surface area contributed by atoms with Crippen molar-refractivity contribution < 1.29 is 87.9 Å². The molecule has 0 fully saturated rings. The molecular formula is C4H8Cl2O14P4W-6. The van der Waals surface area contributed by atoms with Crippen molar-refractivity contribution in [1.82, 2.24) is 0 Å². The van der Waals surface area contributed by atoms with Gasteiger partial charge in [0.1, 0.15) is 23.3 Å².